The van der Waals surface area contributed by atoms with Crippen LogP contribution in [0.5, 0.6) is 0 Å². The molecule has 49 heavy (non-hydrogen) atoms. The molecular weight excluding hydrogens is 644 g/mol. The van der Waals surface area contributed by atoms with Gasteiger partial charge in [-0.1, -0.05) is 72.8 Å². The minimum absolute atomic E-state index is 0.118. The Bertz CT molecular complexity index is 2010. The summed E-state index contributed by atoms with van der Waals surface area (Å²) in [6, 6.07) is 27.3. The van der Waals surface area contributed by atoms with Crippen LogP contribution >= 0.6 is 11.8 Å². The van der Waals surface area contributed by atoms with Crippen LogP contribution < -0.4 is 0 Å². The van der Waals surface area contributed by atoms with Crippen molar-refractivity contribution < 1.29 is 28.2 Å². The normalized spacial score (nSPS) is 14.7. The van der Waals surface area contributed by atoms with Crippen LogP contribution in [-0.4, -0.2) is 26.9 Å². The van der Waals surface area contributed by atoms with Crippen LogP contribution in [0.25, 0.3) is 34.2 Å². The van der Waals surface area contributed by atoms with Crippen LogP contribution in [0.15, 0.2) is 91.0 Å². The fourth-order valence-corrected chi connectivity index (χ4v) is 7.86. The van der Waals surface area contributed by atoms with E-state index in [1.165, 1.54) is 0 Å². The highest BCUT2D eigenvalue weighted by molar-refractivity contribution is 7.99. The number of carboxylic acids is 1. The third-order valence-corrected chi connectivity index (χ3v) is 10.9. The van der Waals surface area contributed by atoms with Gasteiger partial charge in [0.1, 0.15) is 0 Å². The second kappa shape index (κ2) is 14.2. The van der Waals surface area contributed by atoms with Crippen LogP contribution in [0, 0.1) is 22.9 Å². The summed E-state index contributed by atoms with van der Waals surface area (Å²) in [6.07, 6.45) is 7.55. The first-order valence-corrected chi connectivity index (χ1v) is 17.4. The first kappa shape index (κ1) is 34.5. The van der Waals surface area contributed by atoms with E-state index in [0.29, 0.717) is 16.8 Å². The molecule has 1 aromatic heterocycles. The van der Waals surface area contributed by atoms with Crippen LogP contribution in [0.3, 0.4) is 0 Å². The summed E-state index contributed by atoms with van der Waals surface area (Å²) in [7, 11) is 0. The number of thioether (sulfide) groups is 1. The lowest BCUT2D eigenvalue weighted by Gasteiger charge is -2.24. The van der Waals surface area contributed by atoms with Crippen molar-refractivity contribution in [3.63, 3.8) is 0 Å². The molecule has 0 saturated heterocycles. The Balaban J connectivity index is 1.24. The summed E-state index contributed by atoms with van der Waals surface area (Å²) in [5.74, 6) is -3.96. The highest BCUT2D eigenvalue weighted by Crippen LogP contribution is 2.53. The minimum Gasteiger partial charge on any atom is -0.481 e. The lowest BCUT2D eigenvalue weighted by Crippen LogP contribution is -2.18. The van der Waals surface area contributed by atoms with E-state index in [-0.39, 0.29) is 22.6 Å². The van der Waals surface area contributed by atoms with Crippen molar-refractivity contribution in [3.8, 4) is 11.1 Å². The van der Waals surface area contributed by atoms with Gasteiger partial charge in [-0.2, -0.15) is 11.8 Å². The number of carboxylic acid groups (broad SMARTS) is 1. The first-order valence-electron chi connectivity index (χ1n) is 16.4. The van der Waals surface area contributed by atoms with Crippen molar-refractivity contribution in [1.29, 1.82) is 0 Å². The number of halogens is 3. The van der Waals surface area contributed by atoms with Crippen LogP contribution in [0.4, 0.5) is 13.2 Å². The maximum Gasteiger partial charge on any atom is 0.303 e. The summed E-state index contributed by atoms with van der Waals surface area (Å²) in [6.45, 7) is 3.60. The molecule has 4 nitrogen and oxygen atoms in total. The minimum atomic E-state index is -1.50. The van der Waals surface area contributed by atoms with Gasteiger partial charge in [-0.25, -0.2) is 18.2 Å². The van der Waals surface area contributed by atoms with Crippen molar-refractivity contribution in [1.82, 2.24) is 4.98 Å². The van der Waals surface area contributed by atoms with Gasteiger partial charge in [0.2, 0.25) is 0 Å². The van der Waals surface area contributed by atoms with Gasteiger partial charge >= 0.3 is 5.97 Å². The molecule has 1 aliphatic rings. The van der Waals surface area contributed by atoms with Gasteiger partial charge in [0.05, 0.1) is 23.2 Å². The second-order valence-electron chi connectivity index (χ2n) is 13.5. The van der Waals surface area contributed by atoms with Crippen molar-refractivity contribution in [2.24, 2.45) is 5.41 Å². The van der Waals surface area contributed by atoms with E-state index < -0.39 is 29.0 Å². The van der Waals surface area contributed by atoms with E-state index in [1.807, 2.05) is 72.4 Å². The van der Waals surface area contributed by atoms with E-state index in [9.17, 15) is 28.2 Å². The molecule has 2 N–H and O–H groups in total. The molecule has 8 heteroatoms. The number of carbonyl (C=O) groups is 1. The molecule has 1 aliphatic carbocycles. The quantitative estimate of drug-likeness (QED) is 0.121. The van der Waals surface area contributed by atoms with Crippen molar-refractivity contribution in [2.45, 2.75) is 56.8 Å². The van der Waals surface area contributed by atoms with E-state index in [2.05, 4.69) is 18.2 Å². The smallest absolute Gasteiger partial charge is 0.303 e. The molecule has 1 heterocycles. The maximum absolute atomic E-state index is 13.9. The zero-order valence-corrected chi connectivity index (χ0v) is 28.2. The van der Waals surface area contributed by atoms with Crippen LogP contribution in [-0.2, 0) is 16.8 Å². The number of benzene rings is 4. The van der Waals surface area contributed by atoms with Crippen molar-refractivity contribution in [3.05, 3.63) is 136 Å². The monoisotopic (exact) mass is 681 g/mol. The fraction of sp³-hybridized carbons (Fsp3) is 0.268. The molecule has 0 spiro atoms. The molecular formula is C41H38F3NO3S. The van der Waals surface area contributed by atoms with Gasteiger partial charge in [0.15, 0.2) is 17.5 Å². The number of hydrogen-bond acceptors (Lipinski definition) is 4. The lowest BCUT2D eigenvalue weighted by molar-refractivity contribution is -0.138. The highest BCUT2D eigenvalue weighted by Gasteiger charge is 2.44. The molecule has 4 aromatic carbocycles. The van der Waals surface area contributed by atoms with Crippen LogP contribution in [0.2, 0.25) is 0 Å². The Labute approximate surface area is 288 Å². The Hall–Kier alpha value is -4.40. The Kier molecular flexibility index (Phi) is 10.00. The number of aromatic nitrogens is 1. The highest BCUT2D eigenvalue weighted by atomic mass is 32.2. The number of rotatable bonds is 13. The predicted molar refractivity (Wildman–Crippen MR) is 192 cm³/mol. The molecule has 0 amide bonds. The maximum atomic E-state index is 13.9. The zero-order chi connectivity index (χ0) is 34.8. The molecule has 1 saturated carbocycles. The standard InChI is InChI=1S/C41H38F3NO3S/c1-40(2,48)33-9-4-3-7-27(33)14-17-37(49-25-41(18-19-41)24-38(46)47)30-8-5-6-26(20-30)10-15-32-16-13-28-11-12-29(23-36(28)45-32)31-21-34(42)39(44)35(43)22-31/h3-13,15-16,20-23,37,48H,14,17-19,24-25H2,1-2H3,(H,46,47)/b15-10+. The average molecular weight is 682 g/mol. The van der Waals surface area contributed by atoms with Gasteiger partial charge in [-0.3, -0.25) is 4.79 Å². The number of aryl methyl sites for hydroxylation is 1. The molecule has 0 bridgehead atoms. The Morgan fingerprint density at radius 1 is 0.918 bits per heavy atom. The number of aliphatic carboxylic acids is 1. The molecule has 252 valence electrons. The number of nitrogens with zero attached hydrogens (tertiary/aromatic N) is 1. The molecule has 6 rings (SSSR count). The third kappa shape index (κ3) is 8.43. The topological polar surface area (TPSA) is 70.4 Å². The molecule has 1 atom stereocenters. The van der Waals surface area contributed by atoms with E-state index in [1.54, 1.807) is 26.0 Å². The SMILES string of the molecule is CC(C)(O)c1ccccc1CCC(SCC1(CC(=O)O)CC1)c1cccc(/C=C/c2ccc3ccc(-c4cc(F)c(F)c(F)c4)cc3n2)c1. The summed E-state index contributed by atoms with van der Waals surface area (Å²) in [5, 5.41) is 21.2. The number of fused-ring (bicyclic) bond motifs is 1. The largest absolute Gasteiger partial charge is 0.481 e. The van der Waals surface area contributed by atoms with Gasteiger partial charge in [-0.15, -0.1) is 0 Å². The zero-order valence-electron chi connectivity index (χ0n) is 27.4. The molecule has 1 fully saturated rings. The van der Waals surface area contributed by atoms with Gasteiger partial charge in [0.25, 0.3) is 0 Å². The van der Waals surface area contributed by atoms with Crippen LogP contribution in [0.1, 0.15) is 72.7 Å². The first-order chi connectivity index (χ1) is 23.4. The predicted octanol–water partition coefficient (Wildman–Crippen LogP) is 10.4. The van der Waals surface area contributed by atoms with Gasteiger partial charge < -0.3 is 10.2 Å². The molecule has 0 aliphatic heterocycles. The lowest BCUT2D eigenvalue weighted by atomic mass is 9.90. The fourth-order valence-electron chi connectivity index (χ4n) is 6.29. The summed E-state index contributed by atoms with van der Waals surface area (Å²) < 4.78 is 41.3. The summed E-state index contributed by atoms with van der Waals surface area (Å²) in [4.78, 5) is 16.3. The molecule has 5 aromatic rings. The van der Waals surface area contributed by atoms with Crippen molar-refractivity contribution in [2.75, 3.05) is 5.75 Å². The Morgan fingerprint density at radius 2 is 1.65 bits per heavy atom. The third-order valence-electron chi connectivity index (χ3n) is 9.19. The summed E-state index contributed by atoms with van der Waals surface area (Å²) in [5.41, 5.74) is 5.13. The van der Waals surface area contributed by atoms with Crippen molar-refractivity contribution >= 4 is 40.8 Å². The number of pyridine rings is 1. The van der Waals surface area contributed by atoms with E-state index in [4.69, 9.17) is 4.98 Å². The van der Waals surface area contributed by atoms with E-state index in [0.717, 1.165) is 71.2 Å². The summed E-state index contributed by atoms with van der Waals surface area (Å²) >= 11 is 1.82. The molecule has 0 radical (unpaired) electrons. The van der Waals surface area contributed by atoms with Gasteiger partial charge in [-0.05, 0) is 109 Å². The van der Waals surface area contributed by atoms with E-state index >= 15 is 0 Å². The molecule has 1 unspecified atom stereocenters. The average Bonchev–Trinajstić information content (AvgIpc) is 3.84. The van der Waals surface area contributed by atoms with Gasteiger partial charge in [0, 0.05) is 16.4 Å². The number of aliphatic hydroxyl groups is 1. The Morgan fingerprint density at radius 3 is 2.37 bits per heavy atom. The second-order valence-corrected chi connectivity index (χ2v) is 14.7. The number of hydrogen-bond donors (Lipinski definition) is 2.